The van der Waals surface area contributed by atoms with Crippen molar-refractivity contribution in [2.45, 2.75) is 25.7 Å². The van der Waals surface area contributed by atoms with E-state index in [4.69, 9.17) is 0 Å². The minimum atomic E-state index is 0.769. The van der Waals surface area contributed by atoms with Gasteiger partial charge in [0.15, 0.2) is 0 Å². The second-order valence-corrected chi connectivity index (χ2v) is 6.16. The number of anilines is 1. The molecule has 2 aromatic rings. The molecule has 3 heteroatoms. The molecule has 0 unspecified atom stereocenters. The van der Waals surface area contributed by atoms with Crippen molar-refractivity contribution < 1.29 is 0 Å². The number of rotatable bonds is 5. The van der Waals surface area contributed by atoms with Gasteiger partial charge in [0.25, 0.3) is 0 Å². The van der Waals surface area contributed by atoms with Crippen molar-refractivity contribution in [2.24, 2.45) is 0 Å². The Bertz CT molecular complexity index is 638. The van der Waals surface area contributed by atoms with Crippen molar-refractivity contribution in [1.82, 2.24) is 10.3 Å². The van der Waals surface area contributed by atoms with E-state index >= 15 is 0 Å². The Morgan fingerprint density at radius 3 is 2.35 bits per heavy atom. The molecule has 1 fully saturated rings. The summed E-state index contributed by atoms with van der Waals surface area (Å²) in [5.74, 6) is 0. The molecule has 0 aliphatic carbocycles. The van der Waals surface area contributed by atoms with Crippen LogP contribution in [-0.2, 0) is 6.42 Å². The molecule has 23 heavy (non-hydrogen) atoms. The summed E-state index contributed by atoms with van der Waals surface area (Å²) in [7, 11) is 1.89. The second-order valence-electron chi connectivity index (χ2n) is 6.16. The molecule has 1 aliphatic heterocycles. The molecule has 1 aromatic carbocycles. The number of allylic oxidation sites excluding steroid dienone is 1. The van der Waals surface area contributed by atoms with E-state index in [1.54, 1.807) is 0 Å². The van der Waals surface area contributed by atoms with E-state index in [1.807, 2.05) is 13.2 Å². The van der Waals surface area contributed by atoms with Crippen molar-refractivity contribution in [3.05, 3.63) is 60.6 Å². The van der Waals surface area contributed by atoms with E-state index in [1.165, 1.54) is 43.6 Å². The SMILES string of the molecule is C=C(Cc1ccc(-c2ccc(N3CCCCC3)cc2)cn1)NC. The van der Waals surface area contributed by atoms with E-state index in [-0.39, 0.29) is 0 Å². The lowest BCUT2D eigenvalue weighted by Gasteiger charge is -2.28. The zero-order valence-corrected chi connectivity index (χ0v) is 13.9. The van der Waals surface area contributed by atoms with Gasteiger partial charge in [-0.3, -0.25) is 4.98 Å². The van der Waals surface area contributed by atoms with Gasteiger partial charge in [0, 0.05) is 55.4 Å². The molecule has 120 valence electrons. The molecule has 2 heterocycles. The molecule has 0 saturated carbocycles. The molecule has 0 spiro atoms. The molecule has 0 radical (unpaired) electrons. The average molecular weight is 307 g/mol. The van der Waals surface area contributed by atoms with Crippen LogP contribution in [0.4, 0.5) is 5.69 Å². The van der Waals surface area contributed by atoms with Gasteiger partial charge >= 0.3 is 0 Å². The Balaban J connectivity index is 1.70. The van der Waals surface area contributed by atoms with Crippen LogP contribution in [0.1, 0.15) is 25.0 Å². The van der Waals surface area contributed by atoms with Crippen LogP contribution in [0.5, 0.6) is 0 Å². The predicted molar refractivity (Wildman–Crippen MR) is 97.6 cm³/mol. The van der Waals surface area contributed by atoms with Gasteiger partial charge in [0.05, 0.1) is 0 Å². The van der Waals surface area contributed by atoms with E-state index in [9.17, 15) is 0 Å². The van der Waals surface area contributed by atoms with Gasteiger partial charge in [-0.25, -0.2) is 0 Å². The van der Waals surface area contributed by atoms with Gasteiger partial charge in [0.2, 0.25) is 0 Å². The first-order chi connectivity index (χ1) is 11.3. The lowest BCUT2D eigenvalue weighted by atomic mass is 10.1. The topological polar surface area (TPSA) is 28.2 Å². The van der Waals surface area contributed by atoms with E-state index in [0.29, 0.717) is 0 Å². The Hall–Kier alpha value is -2.29. The molecule has 1 aliphatic rings. The molecule has 1 aromatic heterocycles. The summed E-state index contributed by atoms with van der Waals surface area (Å²) in [6.07, 6.45) is 6.71. The average Bonchev–Trinajstić information content (AvgIpc) is 2.63. The highest BCUT2D eigenvalue weighted by molar-refractivity contribution is 5.65. The summed E-state index contributed by atoms with van der Waals surface area (Å²) in [5.41, 5.74) is 5.74. The maximum atomic E-state index is 4.54. The van der Waals surface area contributed by atoms with E-state index in [2.05, 4.69) is 58.2 Å². The van der Waals surface area contributed by atoms with Gasteiger partial charge in [0.1, 0.15) is 0 Å². The minimum absolute atomic E-state index is 0.769. The zero-order valence-electron chi connectivity index (χ0n) is 13.9. The number of likely N-dealkylation sites (N-methyl/N-ethyl adjacent to an activating group) is 1. The fourth-order valence-corrected chi connectivity index (χ4v) is 3.02. The third-order valence-corrected chi connectivity index (χ3v) is 4.49. The summed E-state index contributed by atoms with van der Waals surface area (Å²) < 4.78 is 0. The van der Waals surface area contributed by atoms with Gasteiger partial charge in [-0.2, -0.15) is 0 Å². The minimum Gasteiger partial charge on any atom is -0.392 e. The van der Waals surface area contributed by atoms with Crippen LogP contribution in [0.25, 0.3) is 11.1 Å². The third-order valence-electron chi connectivity index (χ3n) is 4.49. The van der Waals surface area contributed by atoms with Crippen LogP contribution in [0.3, 0.4) is 0 Å². The first-order valence-corrected chi connectivity index (χ1v) is 8.42. The number of hydrogen-bond donors (Lipinski definition) is 1. The molecule has 3 nitrogen and oxygen atoms in total. The third kappa shape index (κ3) is 3.92. The number of nitrogens with one attached hydrogen (secondary N) is 1. The van der Waals surface area contributed by atoms with Crippen LogP contribution in [0.15, 0.2) is 54.9 Å². The van der Waals surface area contributed by atoms with Crippen LogP contribution >= 0.6 is 0 Å². The highest BCUT2D eigenvalue weighted by atomic mass is 15.1. The lowest BCUT2D eigenvalue weighted by molar-refractivity contribution is 0.578. The first-order valence-electron chi connectivity index (χ1n) is 8.42. The monoisotopic (exact) mass is 307 g/mol. The number of benzene rings is 1. The zero-order chi connectivity index (χ0) is 16.1. The van der Waals surface area contributed by atoms with Crippen molar-refractivity contribution in [3.63, 3.8) is 0 Å². The standard InChI is InChI=1S/C20H25N3/c1-16(21-2)14-19-9-6-18(15-22-19)17-7-10-20(11-8-17)23-12-4-3-5-13-23/h6-11,15,21H,1,3-5,12-14H2,2H3. The normalized spacial score (nSPS) is 14.6. The molecule has 0 amide bonds. The maximum absolute atomic E-state index is 4.54. The molecule has 0 atom stereocenters. The van der Waals surface area contributed by atoms with Gasteiger partial charge in [-0.05, 0) is 43.0 Å². The second kappa shape index (κ2) is 7.32. The van der Waals surface area contributed by atoms with Crippen LogP contribution in [0.2, 0.25) is 0 Å². The molecule has 0 bridgehead atoms. The summed E-state index contributed by atoms with van der Waals surface area (Å²) in [4.78, 5) is 7.03. The first kappa shape index (κ1) is 15.6. The van der Waals surface area contributed by atoms with Crippen LogP contribution in [0, 0.1) is 0 Å². The fourth-order valence-electron chi connectivity index (χ4n) is 3.02. The number of pyridine rings is 1. The van der Waals surface area contributed by atoms with Gasteiger partial charge in [-0.15, -0.1) is 0 Å². The maximum Gasteiger partial charge on any atom is 0.0462 e. The Morgan fingerprint density at radius 2 is 1.74 bits per heavy atom. The van der Waals surface area contributed by atoms with Crippen molar-refractivity contribution >= 4 is 5.69 Å². The Kier molecular flexibility index (Phi) is 4.96. The molecule has 3 rings (SSSR count). The van der Waals surface area contributed by atoms with Crippen molar-refractivity contribution in [3.8, 4) is 11.1 Å². The number of aromatic nitrogens is 1. The quantitative estimate of drug-likeness (QED) is 0.904. The van der Waals surface area contributed by atoms with Crippen LogP contribution < -0.4 is 10.2 Å². The summed E-state index contributed by atoms with van der Waals surface area (Å²) >= 11 is 0. The highest BCUT2D eigenvalue weighted by Gasteiger charge is 2.10. The molecule has 1 saturated heterocycles. The number of hydrogen-bond acceptors (Lipinski definition) is 3. The smallest absolute Gasteiger partial charge is 0.0462 e. The summed E-state index contributed by atoms with van der Waals surface area (Å²) in [6.45, 7) is 6.32. The van der Waals surface area contributed by atoms with Gasteiger partial charge < -0.3 is 10.2 Å². The molecule has 1 N–H and O–H groups in total. The number of piperidine rings is 1. The van der Waals surface area contributed by atoms with Gasteiger partial charge in [-0.1, -0.05) is 24.8 Å². The fraction of sp³-hybridized carbons (Fsp3) is 0.350. The lowest BCUT2D eigenvalue weighted by Crippen LogP contribution is -2.29. The summed E-state index contributed by atoms with van der Waals surface area (Å²) in [6, 6.07) is 13.1. The van der Waals surface area contributed by atoms with Crippen LogP contribution in [-0.4, -0.2) is 25.1 Å². The predicted octanol–water partition coefficient (Wildman–Crippen LogP) is 4.01. The highest BCUT2D eigenvalue weighted by Crippen LogP contribution is 2.25. The van der Waals surface area contributed by atoms with E-state index in [0.717, 1.165) is 23.4 Å². The molecular weight excluding hydrogens is 282 g/mol. The Labute approximate surface area is 139 Å². The van der Waals surface area contributed by atoms with E-state index < -0.39 is 0 Å². The Morgan fingerprint density at radius 1 is 1.04 bits per heavy atom. The van der Waals surface area contributed by atoms with Crippen molar-refractivity contribution in [1.29, 1.82) is 0 Å². The number of nitrogens with zero attached hydrogens (tertiary/aromatic N) is 2. The molecular formula is C20H25N3. The summed E-state index contributed by atoms with van der Waals surface area (Å²) in [5, 5.41) is 3.06. The largest absolute Gasteiger partial charge is 0.392 e. The van der Waals surface area contributed by atoms with Crippen molar-refractivity contribution in [2.75, 3.05) is 25.0 Å².